The number of benzene rings is 1. The third-order valence-corrected chi connectivity index (χ3v) is 6.15. The zero-order chi connectivity index (χ0) is 14.2. The predicted octanol–water partition coefficient (Wildman–Crippen LogP) is 4.12. The number of aliphatic hydroxyl groups excluding tert-OH is 1. The average Bonchev–Trinajstić information content (AvgIpc) is 3.15. The molecular weight excluding hydrogens is 313 g/mol. The van der Waals surface area contributed by atoms with Gasteiger partial charge in [-0.25, -0.2) is 0 Å². The molecule has 0 aliphatic heterocycles. The minimum absolute atomic E-state index is 0.0605. The Morgan fingerprint density at radius 2 is 2.05 bits per heavy atom. The van der Waals surface area contributed by atoms with Crippen molar-refractivity contribution in [2.75, 3.05) is 6.61 Å². The first-order valence-corrected chi connectivity index (χ1v) is 8.74. The van der Waals surface area contributed by atoms with Gasteiger partial charge in [-0.2, -0.15) is 0 Å². The molecule has 2 saturated carbocycles. The van der Waals surface area contributed by atoms with Crippen LogP contribution in [0.4, 0.5) is 0 Å². The average molecular weight is 332 g/mol. The lowest BCUT2D eigenvalue weighted by molar-refractivity contribution is 0.163. The fourth-order valence-electron chi connectivity index (χ4n) is 2.90. The van der Waals surface area contributed by atoms with Crippen molar-refractivity contribution in [3.05, 3.63) is 28.2 Å². The molecule has 20 heavy (non-hydrogen) atoms. The Morgan fingerprint density at radius 3 is 2.70 bits per heavy atom. The van der Waals surface area contributed by atoms with Crippen LogP contribution >= 0.6 is 35.0 Å². The number of hydrogen-bond acceptors (Lipinski definition) is 3. The van der Waals surface area contributed by atoms with Gasteiger partial charge in [0.05, 0.1) is 16.7 Å². The number of aliphatic hydroxyl groups is 1. The van der Waals surface area contributed by atoms with Crippen LogP contribution in [0.15, 0.2) is 23.1 Å². The number of rotatable bonds is 5. The topological polar surface area (TPSA) is 32.3 Å². The summed E-state index contributed by atoms with van der Waals surface area (Å²) in [5.74, 6) is 0. The monoisotopic (exact) mass is 331 g/mol. The lowest BCUT2D eigenvalue weighted by atomic mass is 9.99. The highest BCUT2D eigenvalue weighted by Crippen LogP contribution is 2.42. The first-order valence-electron chi connectivity index (χ1n) is 7.10. The summed E-state index contributed by atoms with van der Waals surface area (Å²) in [7, 11) is 0. The number of thioether (sulfide) groups is 1. The standard InChI is InChI=1S/C15H19Cl2NOS/c16-13-4-3-11(7-14(13)17)20-12-5-6-15(8-12,9-19)18-10-1-2-10/h3-4,7,10,12,18-19H,1-2,5-6,8-9H2. The molecule has 2 aliphatic carbocycles. The van der Waals surface area contributed by atoms with E-state index < -0.39 is 0 Å². The Kier molecular flexibility index (Phi) is 4.54. The van der Waals surface area contributed by atoms with Crippen LogP contribution in [-0.2, 0) is 0 Å². The van der Waals surface area contributed by atoms with Gasteiger partial charge in [-0.1, -0.05) is 23.2 Å². The molecule has 0 spiro atoms. The van der Waals surface area contributed by atoms with Crippen LogP contribution < -0.4 is 5.32 Å². The van der Waals surface area contributed by atoms with Gasteiger partial charge in [0.1, 0.15) is 0 Å². The Labute approximate surface area is 134 Å². The number of hydrogen-bond donors (Lipinski definition) is 2. The van der Waals surface area contributed by atoms with Crippen LogP contribution in [0, 0.1) is 0 Å². The number of halogens is 2. The molecule has 3 rings (SSSR count). The number of nitrogens with one attached hydrogen (secondary N) is 1. The van der Waals surface area contributed by atoms with Crippen molar-refractivity contribution in [1.82, 2.24) is 5.32 Å². The van der Waals surface area contributed by atoms with Gasteiger partial charge in [0.25, 0.3) is 0 Å². The summed E-state index contributed by atoms with van der Waals surface area (Å²) in [4.78, 5) is 1.16. The molecule has 110 valence electrons. The maximum absolute atomic E-state index is 9.75. The zero-order valence-electron chi connectivity index (χ0n) is 11.2. The van der Waals surface area contributed by atoms with E-state index in [1.165, 1.54) is 12.8 Å². The molecule has 2 aliphatic rings. The van der Waals surface area contributed by atoms with Crippen LogP contribution in [0.3, 0.4) is 0 Å². The molecule has 5 heteroatoms. The highest BCUT2D eigenvalue weighted by atomic mass is 35.5. The molecule has 0 saturated heterocycles. The summed E-state index contributed by atoms with van der Waals surface area (Å²) in [5, 5.41) is 15.1. The van der Waals surface area contributed by atoms with Crippen molar-refractivity contribution in [2.24, 2.45) is 0 Å². The van der Waals surface area contributed by atoms with E-state index in [9.17, 15) is 5.11 Å². The van der Waals surface area contributed by atoms with Gasteiger partial charge in [-0.15, -0.1) is 11.8 Å². The third kappa shape index (κ3) is 3.45. The molecule has 1 aromatic rings. The summed E-state index contributed by atoms with van der Waals surface area (Å²) in [6.07, 6.45) is 5.72. The normalized spacial score (nSPS) is 29.9. The largest absolute Gasteiger partial charge is 0.394 e. The lowest BCUT2D eigenvalue weighted by Gasteiger charge is -2.28. The fraction of sp³-hybridized carbons (Fsp3) is 0.600. The van der Waals surface area contributed by atoms with Crippen molar-refractivity contribution < 1.29 is 5.11 Å². The Morgan fingerprint density at radius 1 is 1.25 bits per heavy atom. The second kappa shape index (κ2) is 6.05. The van der Waals surface area contributed by atoms with Crippen LogP contribution in [-0.4, -0.2) is 28.5 Å². The van der Waals surface area contributed by atoms with E-state index >= 15 is 0 Å². The van der Waals surface area contributed by atoms with E-state index in [4.69, 9.17) is 23.2 Å². The second-order valence-electron chi connectivity index (χ2n) is 5.92. The molecule has 2 unspecified atom stereocenters. The van der Waals surface area contributed by atoms with Crippen molar-refractivity contribution in [2.45, 2.75) is 53.8 Å². The smallest absolute Gasteiger partial charge is 0.0613 e. The molecule has 0 radical (unpaired) electrons. The van der Waals surface area contributed by atoms with Crippen LogP contribution in [0.1, 0.15) is 32.1 Å². The molecule has 2 N–H and O–H groups in total. The molecule has 2 fully saturated rings. The van der Waals surface area contributed by atoms with E-state index in [1.54, 1.807) is 0 Å². The van der Waals surface area contributed by atoms with Gasteiger partial charge in [0.15, 0.2) is 0 Å². The molecule has 0 aromatic heterocycles. The molecule has 0 amide bonds. The third-order valence-electron chi connectivity index (χ3n) is 4.15. The van der Waals surface area contributed by atoms with E-state index in [-0.39, 0.29) is 12.1 Å². The van der Waals surface area contributed by atoms with E-state index in [0.29, 0.717) is 21.3 Å². The van der Waals surface area contributed by atoms with E-state index in [2.05, 4.69) is 5.32 Å². The van der Waals surface area contributed by atoms with Crippen molar-refractivity contribution >= 4 is 35.0 Å². The summed E-state index contributed by atoms with van der Waals surface area (Å²) in [6, 6.07) is 6.44. The predicted molar refractivity (Wildman–Crippen MR) is 85.9 cm³/mol. The van der Waals surface area contributed by atoms with Gasteiger partial charge in [0.2, 0.25) is 0 Å². The maximum atomic E-state index is 9.75. The maximum Gasteiger partial charge on any atom is 0.0613 e. The lowest BCUT2D eigenvalue weighted by Crippen LogP contribution is -2.47. The van der Waals surface area contributed by atoms with Crippen molar-refractivity contribution in [3.8, 4) is 0 Å². The molecule has 2 atom stereocenters. The van der Waals surface area contributed by atoms with Gasteiger partial charge < -0.3 is 10.4 Å². The van der Waals surface area contributed by atoms with E-state index in [1.807, 2.05) is 30.0 Å². The molecule has 0 heterocycles. The van der Waals surface area contributed by atoms with Crippen molar-refractivity contribution in [3.63, 3.8) is 0 Å². The Balaban J connectivity index is 1.62. The molecule has 0 bridgehead atoms. The van der Waals surface area contributed by atoms with Gasteiger partial charge in [-0.05, 0) is 50.3 Å². The first-order chi connectivity index (χ1) is 9.60. The SMILES string of the molecule is OCC1(NC2CC2)CCC(Sc2ccc(Cl)c(Cl)c2)C1. The Bertz CT molecular complexity index is 495. The first kappa shape index (κ1) is 15.0. The van der Waals surface area contributed by atoms with Crippen molar-refractivity contribution in [1.29, 1.82) is 0 Å². The summed E-state index contributed by atoms with van der Waals surface area (Å²) >= 11 is 13.9. The molecular formula is C15H19Cl2NOS. The highest BCUT2D eigenvalue weighted by Gasteiger charge is 2.42. The molecule has 2 nitrogen and oxygen atoms in total. The van der Waals surface area contributed by atoms with Crippen LogP contribution in [0.5, 0.6) is 0 Å². The quantitative estimate of drug-likeness (QED) is 0.851. The fourth-order valence-corrected chi connectivity index (χ4v) is 4.62. The van der Waals surface area contributed by atoms with Gasteiger partial charge in [0, 0.05) is 21.7 Å². The van der Waals surface area contributed by atoms with E-state index in [0.717, 1.165) is 24.2 Å². The van der Waals surface area contributed by atoms with Crippen LogP contribution in [0.25, 0.3) is 0 Å². The van der Waals surface area contributed by atoms with Gasteiger partial charge >= 0.3 is 0 Å². The highest BCUT2D eigenvalue weighted by molar-refractivity contribution is 8.00. The molecule has 1 aromatic carbocycles. The Hall–Kier alpha value is 0.0700. The summed E-state index contributed by atoms with van der Waals surface area (Å²) < 4.78 is 0. The van der Waals surface area contributed by atoms with Gasteiger partial charge in [-0.3, -0.25) is 0 Å². The second-order valence-corrected chi connectivity index (χ2v) is 8.10. The minimum atomic E-state index is -0.0605. The minimum Gasteiger partial charge on any atom is -0.394 e. The summed E-state index contributed by atoms with van der Waals surface area (Å²) in [5.41, 5.74) is -0.0605. The van der Waals surface area contributed by atoms with Crippen LogP contribution in [0.2, 0.25) is 10.0 Å². The zero-order valence-corrected chi connectivity index (χ0v) is 13.6. The summed E-state index contributed by atoms with van der Waals surface area (Å²) in [6.45, 7) is 0.238.